The summed E-state index contributed by atoms with van der Waals surface area (Å²) in [7, 11) is 0. The molecule has 3 aromatic carbocycles. The number of nitrogens with one attached hydrogen (secondary N) is 1. The van der Waals surface area contributed by atoms with Crippen molar-refractivity contribution in [3.8, 4) is 0 Å². The Labute approximate surface area is 309 Å². The van der Waals surface area contributed by atoms with Gasteiger partial charge in [-0.1, -0.05) is 91.0 Å². The fourth-order valence-corrected chi connectivity index (χ4v) is 6.94. The lowest BCUT2D eigenvalue weighted by Gasteiger charge is -2.47. The molecule has 0 aromatic heterocycles. The Morgan fingerprint density at radius 2 is 1.33 bits per heavy atom. The van der Waals surface area contributed by atoms with E-state index in [4.69, 9.17) is 28.4 Å². The second-order valence-electron chi connectivity index (χ2n) is 15.2. The lowest BCUT2D eigenvalue weighted by Crippen LogP contribution is -2.65. The van der Waals surface area contributed by atoms with Crippen LogP contribution < -0.4 is 5.32 Å². The van der Waals surface area contributed by atoms with Crippen molar-refractivity contribution in [2.24, 2.45) is 0 Å². The highest BCUT2D eigenvalue weighted by Gasteiger charge is 2.49. The summed E-state index contributed by atoms with van der Waals surface area (Å²) < 4.78 is 38.4. The zero-order valence-electron chi connectivity index (χ0n) is 31.5. The average Bonchev–Trinajstić information content (AvgIpc) is 3.41. The quantitative estimate of drug-likeness (QED) is 0.176. The van der Waals surface area contributed by atoms with E-state index >= 15 is 0 Å². The molecule has 10 heteroatoms. The third kappa shape index (κ3) is 11.3. The summed E-state index contributed by atoms with van der Waals surface area (Å²) in [6.45, 7) is 12.6. The van der Waals surface area contributed by atoms with Gasteiger partial charge in [0, 0.05) is 6.92 Å². The van der Waals surface area contributed by atoms with Crippen molar-refractivity contribution < 1.29 is 38.0 Å². The van der Waals surface area contributed by atoms with Gasteiger partial charge >= 0.3 is 6.09 Å². The summed E-state index contributed by atoms with van der Waals surface area (Å²) in [5.41, 5.74) is 1.65. The van der Waals surface area contributed by atoms with E-state index in [-0.39, 0.29) is 18.6 Å². The molecule has 2 aliphatic rings. The van der Waals surface area contributed by atoms with Gasteiger partial charge in [-0.15, -0.1) is 0 Å². The zero-order chi connectivity index (χ0) is 37.1. The molecule has 2 amide bonds. The third-order valence-electron chi connectivity index (χ3n) is 9.32. The van der Waals surface area contributed by atoms with Crippen LogP contribution >= 0.6 is 0 Å². The van der Waals surface area contributed by atoms with Crippen molar-refractivity contribution in [3.63, 3.8) is 0 Å². The second-order valence-corrected chi connectivity index (χ2v) is 15.2. The minimum absolute atomic E-state index is 0.176. The highest BCUT2D eigenvalue weighted by molar-refractivity contribution is 5.73. The number of carbonyl (C=O) groups is 2. The first-order valence-electron chi connectivity index (χ1n) is 18.4. The van der Waals surface area contributed by atoms with E-state index in [1.807, 2.05) is 126 Å². The predicted octanol–water partition coefficient (Wildman–Crippen LogP) is 7.19. The van der Waals surface area contributed by atoms with Gasteiger partial charge in [0.1, 0.15) is 29.6 Å². The normalized spacial score (nSPS) is 24.4. The molecule has 0 aliphatic carbocycles. The van der Waals surface area contributed by atoms with Crippen molar-refractivity contribution in [2.45, 2.75) is 128 Å². The lowest BCUT2D eigenvalue weighted by molar-refractivity contribution is -0.233. The number of benzene rings is 3. The topological polar surface area (TPSA) is 105 Å². The van der Waals surface area contributed by atoms with Gasteiger partial charge in [0.05, 0.1) is 51.2 Å². The van der Waals surface area contributed by atoms with Crippen LogP contribution in [0.25, 0.3) is 0 Å². The van der Waals surface area contributed by atoms with Crippen molar-refractivity contribution in [3.05, 3.63) is 108 Å². The molecule has 5 rings (SSSR count). The molecule has 0 unspecified atom stereocenters. The van der Waals surface area contributed by atoms with Crippen LogP contribution in [-0.2, 0) is 53.0 Å². The maximum atomic E-state index is 13.3. The van der Waals surface area contributed by atoms with E-state index in [0.717, 1.165) is 16.7 Å². The molecular weight excluding hydrogens is 660 g/mol. The number of hydrogen-bond acceptors (Lipinski definition) is 8. The standard InChI is InChI=1S/C42H56N2O8/c1-30(45)43-37-35(24-16-23-34-28-50-42(5,6)44(34)40(46)52-41(2,3)4)51-36(29-47-25-31-17-10-7-11-18-31)38(48-26-32-19-12-8-13-20-32)39(37)49-27-33-21-14-9-15-22-33/h7-15,17-22,34-39H,16,23-29H2,1-6H3,(H,43,45)/t34-,35+,36+,37-,38-,39+/m0/s1. The van der Waals surface area contributed by atoms with E-state index < -0.39 is 47.9 Å². The van der Waals surface area contributed by atoms with E-state index in [1.54, 1.807) is 4.90 Å². The highest BCUT2D eigenvalue weighted by Crippen LogP contribution is 2.34. The number of ether oxygens (including phenoxy) is 6. The molecule has 52 heavy (non-hydrogen) atoms. The molecule has 6 atom stereocenters. The molecule has 0 radical (unpaired) electrons. The van der Waals surface area contributed by atoms with Gasteiger partial charge in [-0.3, -0.25) is 9.69 Å². The molecule has 1 N–H and O–H groups in total. The molecule has 2 aliphatic heterocycles. The molecule has 10 nitrogen and oxygen atoms in total. The molecule has 0 saturated carbocycles. The van der Waals surface area contributed by atoms with Crippen LogP contribution in [0.2, 0.25) is 0 Å². The summed E-state index contributed by atoms with van der Waals surface area (Å²) in [5.74, 6) is -0.186. The maximum Gasteiger partial charge on any atom is 0.412 e. The minimum Gasteiger partial charge on any atom is -0.444 e. The van der Waals surface area contributed by atoms with Crippen LogP contribution in [0.5, 0.6) is 0 Å². The predicted molar refractivity (Wildman–Crippen MR) is 198 cm³/mol. The third-order valence-corrected chi connectivity index (χ3v) is 9.32. The van der Waals surface area contributed by atoms with E-state index in [2.05, 4.69) is 5.32 Å². The van der Waals surface area contributed by atoms with Crippen LogP contribution in [0.15, 0.2) is 91.0 Å². The van der Waals surface area contributed by atoms with Crippen molar-refractivity contribution >= 4 is 12.0 Å². The largest absolute Gasteiger partial charge is 0.444 e. The SMILES string of the molecule is CC(=O)N[C@@H]1[C@@H](OCc2ccccc2)[C@@H](OCc2ccccc2)[C@@H](COCc2ccccc2)O[C@@H]1CCC[C@H]1COC(C)(C)N1C(=O)OC(C)(C)C. The Kier molecular flexibility index (Phi) is 13.9. The summed E-state index contributed by atoms with van der Waals surface area (Å²) in [6.07, 6.45) is -0.462. The molecule has 0 bridgehead atoms. The average molecular weight is 717 g/mol. The molecule has 2 saturated heterocycles. The van der Waals surface area contributed by atoms with Crippen molar-refractivity contribution in [1.82, 2.24) is 10.2 Å². The first-order chi connectivity index (χ1) is 24.9. The van der Waals surface area contributed by atoms with Gasteiger partial charge in [-0.05, 0) is 70.6 Å². The first kappa shape index (κ1) is 39.4. The van der Waals surface area contributed by atoms with Crippen LogP contribution in [0.4, 0.5) is 4.79 Å². The van der Waals surface area contributed by atoms with Gasteiger partial charge in [-0.2, -0.15) is 0 Å². The van der Waals surface area contributed by atoms with Gasteiger partial charge in [0.25, 0.3) is 0 Å². The first-order valence-corrected chi connectivity index (χ1v) is 18.4. The highest BCUT2D eigenvalue weighted by atomic mass is 16.6. The Morgan fingerprint density at radius 3 is 1.87 bits per heavy atom. The monoisotopic (exact) mass is 716 g/mol. The van der Waals surface area contributed by atoms with Crippen molar-refractivity contribution in [1.29, 1.82) is 0 Å². The van der Waals surface area contributed by atoms with E-state index in [0.29, 0.717) is 45.7 Å². The lowest BCUT2D eigenvalue weighted by atomic mass is 9.89. The smallest absolute Gasteiger partial charge is 0.412 e. The summed E-state index contributed by atoms with van der Waals surface area (Å²) in [6, 6.07) is 29.3. The van der Waals surface area contributed by atoms with Gasteiger partial charge in [0.15, 0.2) is 0 Å². The Balaban J connectivity index is 1.38. The number of carbonyl (C=O) groups excluding carboxylic acids is 2. The van der Waals surface area contributed by atoms with E-state index in [1.165, 1.54) is 6.92 Å². The molecule has 2 fully saturated rings. The van der Waals surface area contributed by atoms with Gasteiger partial charge in [0.2, 0.25) is 5.91 Å². The molecule has 3 aromatic rings. The Bertz CT molecular complexity index is 1530. The summed E-state index contributed by atoms with van der Waals surface area (Å²) >= 11 is 0. The van der Waals surface area contributed by atoms with Crippen LogP contribution in [0, 0.1) is 0 Å². The fraction of sp³-hybridized carbons (Fsp3) is 0.524. The zero-order valence-corrected chi connectivity index (χ0v) is 31.5. The Morgan fingerprint density at radius 1 is 0.788 bits per heavy atom. The number of hydrogen-bond donors (Lipinski definition) is 1. The van der Waals surface area contributed by atoms with Crippen LogP contribution in [0.1, 0.15) is 77.5 Å². The molecule has 0 spiro atoms. The Hall–Kier alpha value is -3.80. The van der Waals surface area contributed by atoms with Gasteiger partial charge in [-0.25, -0.2) is 4.79 Å². The van der Waals surface area contributed by atoms with E-state index in [9.17, 15) is 9.59 Å². The van der Waals surface area contributed by atoms with Crippen LogP contribution in [-0.4, -0.2) is 77.9 Å². The summed E-state index contributed by atoms with van der Waals surface area (Å²) in [4.78, 5) is 27.8. The minimum atomic E-state index is -0.798. The molecular formula is C42H56N2O8. The molecule has 2 heterocycles. The van der Waals surface area contributed by atoms with Crippen LogP contribution in [0.3, 0.4) is 0 Å². The second kappa shape index (κ2) is 18.3. The van der Waals surface area contributed by atoms with Crippen molar-refractivity contribution in [2.75, 3.05) is 13.2 Å². The number of nitrogens with zero attached hydrogens (tertiary/aromatic N) is 1. The maximum absolute atomic E-state index is 13.3. The molecule has 282 valence electrons. The summed E-state index contributed by atoms with van der Waals surface area (Å²) in [5, 5.41) is 3.17. The fourth-order valence-electron chi connectivity index (χ4n) is 6.94. The number of amides is 2. The number of rotatable bonds is 15. The van der Waals surface area contributed by atoms with Gasteiger partial charge < -0.3 is 33.7 Å².